The Morgan fingerprint density at radius 1 is 1.06 bits per heavy atom. The number of amides is 1. The van der Waals surface area contributed by atoms with Crippen LogP contribution in [0.2, 0.25) is 5.15 Å². The maximum Gasteiger partial charge on any atom is 0.251 e. The summed E-state index contributed by atoms with van der Waals surface area (Å²) >= 11 is 5.90. The summed E-state index contributed by atoms with van der Waals surface area (Å²) in [6.45, 7) is 2.16. The quantitative estimate of drug-likeness (QED) is 0.319. The van der Waals surface area contributed by atoms with Gasteiger partial charge < -0.3 is 10.3 Å². The highest BCUT2D eigenvalue weighted by atomic mass is 35.5. The van der Waals surface area contributed by atoms with Gasteiger partial charge in [-0.1, -0.05) is 41.9 Å². The van der Waals surface area contributed by atoms with E-state index in [0.717, 1.165) is 43.7 Å². The summed E-state index contributed by atoms with van der Waals surface area (Å²) in [4.78, 5) is 31.3. The van der Waals surface area contributed by atoms with Gasteiger partial charge in [0.15, 0.2) is 0 Å². The molecule has 36 heavy (non-hydrogen) atoms. The molecule has 1 aliphatic rings. The molecule has 7 nitrogen and oxygen atoms in total. The average molecular weight is 501 g/mol. The highest BCUT2D eigenvalue weighted by Crippen LogP contribution is 2.33. The van der Waals surface area contributed by atoms with Crippen LogP contribution in [0, 0.1) is 0 Å². The number of nitrogens with one attached hydrogen (secondary N) is 2. The average Bonchev–Trinajstić information content (AvgIpc) is 3.44. The normalized spacial score (nSPS) is 15.0. The van der Waals surface area contributed by atoms with Gasteiger partial charge in [-0.15, -0.1) is 0 Å². The Labute approximate surface area is 216 Å². The Balaban J connectivity index is 1.26. The summed E-state index contributed by atoms with van der Waals surface area (Å²) in [6.07, 6.45) is 11.3. The molecule has 1 amide bonds. The number of H-pyrrole nitrogens is 1. The van der Waals surface area contributed by atoms with Gasteiger partial charge >= 0.3 is 0 Å². The third-order valence-corrected chi connectivity index (χ3v) is 6.85. The highest BCUT2D eigenvalue weighted by molar-refractivity contribution is 6.29. The number of fused-ring (bicyclic) bond motifs is 1. The van der Waals surface area contributed by atoms with Gasteiger partial charge in [0.25, 0.3) is 5.91 Å². The zero-order valence-electron chi connectivity index (χ0n) is 20.0. The molecular weight excluding hydrogens is 472 g/mol. The van der Waals surface area contributed by atoms with Crippen LogP contribution in [0.4, 0.5) is 0 Å². The summed E-state index contributed by atoms with van der Waals surface area (Å²) < 4.78 is 0. The molecule has 184 valence electrons. The molecule has 2 N–H and O–H groups in total. The molecule has 1 unspecified atom stereocenters. The number of benzene rings is 1. The zero-order valence-corrected chi connectivity index (χ0v) is 20.8. The summed E-state index contributed by atoms with van der Waals surface area (Å²) in [5.41, 5.74) is 5.34. The number of aromatic nitrogens is 4. The van der Waals surface area contributed by atoms with Crippen LogP contribution < -0.4 is 5.32 Å². The van der Waals surface area contributed by atoms with Gasteiger partial charge in [0.1, 0.15) is 11.0 Å². The fourth-order valence-corrected chi connectivity index (χ4v) is 4.97. The van der Waals surface area contributed by atoms with Crippen molar-refractivity contribution in [2.75, 3.05) is 6.54 Å². The lowest BCUT2D eigenvalue weighted by atomic mass is 9.90. The third-order valence-electron chi connectivity index (χ3n) is 6.65. The summed E-state index contributed by atoms with van der Waals surface area (Å²) in [5, 5.41) is 3.25. The Kier molecular flexibility index (Phi) is 7.69. The van der Waals surface area contributed by atoms with Gasteiger partial charge in [0, 0.05) is 56.4 Å². The van der Waals surface area contributed by atoms with E-state index in [2.05, 4.69) is 55.5 Å². The van der Waals surface area contributed by atoms with Crippen LogP contribution in [0.25, 0.3) is 0 Å². The van der Waals surface area contributed by atoms with Crippen molar-refractivity contribution in [1.82, 2.24) is 30.2 Å². The van der Waals surface area contributed by atoms with Crippen molar-refractivity contribution in [3.05, 3.63) is 112 Å². The minimum absolute atomic E-state index is 0.170. The Hall–Kier alpha value is -3.55. The molecule has 0 aliphatic heterocycles. The van der Waals surface area contributed by atoms with E-state index in [4.69, 9.17) is 16.6 Å². The molecule has 0 fully saturated rings. The van der Waals surface area contributed by atoms with E-state index in [1.807, 2.05) is 18.5 Å². The second-order valence-corrected chi connectivity index (χ2v) is 9.47. The molecule has 4 aromatic rings. The number of carbonyl (C=O) groups is 1. The number of carbonyl (C=O) groups excluding carboxylic acids is 1. The van der Waals surface area contributed by atoms with Crippen molar-refractivity contribution in [1.29, 1.82) is 0 Å². The number of hydrogen-bond acceptors (Lipinski definition) is 5. The SMILES string of the molecule is O=C(NCc1ccc(CN(CCc2ncc[nH]2)C2CCCc3cccnc32)cc1)c1ccnc(Cl)c1. The Bertz CT molecular complexity index is 1290. The van der Waals surface area contributed by atoms with Crippen molar-refractivity contribution < 1.29 is 4.79 Å². The first-order chi connectivity index (χ1) is 17.7. The topological polar surface area (TPSA) is 86.8 Å². The Morgan fingerprint density at radius 2 is 1.92 bits per heavy atom. The van der Waals surface area contributed by atoms with E-state index in [9.17, 15) is 4.79 Å². The minimum Gasteiger partial charge on any atom is -0.349 e. The first kappa shape index (κ1) is 24.2. The first-order valence-electron chi connectivity index (χ1n) is 12.3. The highest BCUT2D eigenvalue weighted by Gasteiger charge is 2.27. The number of nitrogens with zero attached hydrogens (tertiary/aromatic N) is 4. The summed E-state index contributed by atoms with van der Waals surface area (Å²) in [7, 11) is 0. The lowest BCUT2D eigenvalue weighted by molar-refractivity contribution is 0.0951. The monoisotopic (exact) mass is 500 g/mol. The van der Waals surface area contributed by atoms with Crippen LogP contribution in [0.1, 0.15) is 57.5 Å². The van der Waals surface area contributed by atoms with Crippen LogP contribution in [0.5, 0.6) is 0 Å². The molecule has 1 atom stereocenters. The number of aryl methyl sites for hydroxylation is 1. The standard InChI is InChI=1S/C28H29ClN6O/c29-25-17-23(10-13-30-25)28(36)34-18-20-6-8-21(9-7-20)19-35(16-11-26-31-14-15-32-26)24-5-1-3-22-4-2-12-33-27(22)24/h2,4,6-10,12-15,17,24H,1,3,5,11,16,18-19H2,(H,31,32)(H,34,36). The van der Waals surface area contributed by atoms with E-state index in [-0.39, 0.29) is 11.9 Å². The zero-order chi connectivity index (χ0) is 24.7. The molecule has 0 saturated heterocycles. The van der Waals surface area contributed by atoms with E-state index in [0.29, 0.717) is 17.3 Å². The van der Waals surface area contributed by atoms with Gasteiger partial charge in [-0.25, -0.2) is 9.97 Å². The maximum absolute atomic E-state index is 12.4. The number of aromatic amines is 1. The predicted octanol–water partition coefficient (Wildman–Crippen LogP) is 4.91. The van der Waals surface area contributed by atoms with E-state index in [1.165, 1.54) is 29.4 Å². The van der Waals surface area contributed by atoms with Crippen LogP contribution in [-0.4, -0.2) is 37.3 Å². The second-order valence-electron chi connectivity index (χ2n) is 9.08. The fraction of sp³-hybridized carbons (Fsp3) is 0.286. The number of imidazole rings is 1. The molecule has 1 aliphatic carbocycles. The molecule has 5 rings (SSSR count). The van der Waals surface area contributed by atoms with Crippen LogP contribution in [-0.2, 0) is 25.9 Å². The maximum atomic E-state index is 12.4. The van der Waals surface area contributed by atoms with Crippen LogP contribution in [0.3, 0.4) is 0 Å². The molecule has 8 heteroatoms. The van der Waals surface area contributed by atoms with Crippen molar-refractivity contribution in [3.8, 4) is 0 Å². The molecule has 3 heterocycles. The number of rotatable bonds is 9. The van der Waals surface area contributed by atoms with Crippen molar-refractivity contribution in [3.63, 3.8) is 0 Å². The molecular formula is C28H29ClN6O. The lowest BCUT2D eigenvalue weighted by Gasteiger charge is -2.35. The van der Waals surface area contributed by atoms with Gasteiger partial charge in [0.05, 0.1) is 11.7 Å². The molecule has 0 radical (unpaired) electrons. The molecule has 3 aromatic heterocycles. The molecule has 0 saturated carbocycles. The molecule has 0 bridgehead atoms. The first-order valence-corrected chi connectivity index (χ1v) is 12.7. The largest absolute Gasteiger partial charge is 0.349 e. The number of hydrogen-bond donors (Lipinski definition) is 2. The van der Waals surface area contributed by atoms with E-state index < -0.39 is 0 Å². The van der Waals surface area contributed by atoms with Crippen molar-refractivity contribution >= 4 is 17.5 Å². The molecule has 0 spiro atoms. The van der Waals surface area contributed by atoms with Gasteiger partial charge in [0.2, 0.25) is 0 Å². The predicted molar refractivity (Wildman–Crippen MR) is 139 cm³/mol. The summed E-state index contributed by atoms with van der Waals surface area (Å²) in [5.74, 6) is 0.828. The van der Waals surface area contributed by atoms with E-state index >= 15 is 0 Å². The van der Waals surface area contributed by atoms with Gasteiger partial charge in [-0.2, -0.15) is 0 Å². The van der Waals surface area contributed by atoms with Gasteiger partial charge in [-0.05, 0) is 54.2 Å². The number of halogens is 1. The smallest absolute Gasteiger partial charge is 0.251 e. The van der Waals surface area contributed by atoms with Gasteiger partial charge in [-0.3, -0.25) is 14.7 Å². The molecule has 1 aromatic carbocycles. The fourth-order valence-electron chi connectivity index (χ4n) is 4.79. The van der Waals surface area contributed by atoms with Crippen LogP contribution in [0.15, 0.2) is 73.3 Å². The Morgan fingerprint density at radius 3 is 2.72 bits per heavy atom. The van der Waals surface area contributed by atoms with Crippen molar-refractivity contribution in [2.24, 2.45) is 0 Å². The second kappa shape index (κ2) is 11.5. The van der Waals surface area contributed by atoms with Crippen LogP contribution >= 0.6 is 11.6 Å². The third kappa shape index (κ3) is 5.98. The summed E-state index contributed by atoms with van der Waals surface area (Å²) in [6, 6.07) is 16.2. The minimum atomic E-state index is -0.170. The van der Waals surface area contributed by atoms with Crippen molar-refractivity contribution in [2.45, 2.75) is 44.8 Å². The lowest BCUT2D eigenvalue weighted by Crippen LogP contribution is -2.33. The van der Waals surface area contributed by atoms with E-state index in [1.54, 1.807) is 18.3 Å². The number of pyridine rings is 2.